The molecule has 1 amide bonds. The van der Waals surface area contributed by atoms with Crippen LogP contribution in [-0.2, 0) is 9.53 Å². The van der Waals surface area contributed by atoms with Crippen molar-refractivity contribution in [2.24, 2.45) is 0 Å². The molecule has 15 heavy (non-hydrogen) atoms. The number of nitrogens with one attached hydrogen (secondary N) is 1. The van der Waals surface area contributed by atoms with Gasteiger partial charge in [-0.3, -0.25) is 4.79 Å². The highest BCUT2D eigenvalue weighted by atomic mass is 79.9. The van der Waals surface area contributed by atoms with Crippen molar-refractivity contribution in [2.75, 3.05) is 18.5 Å². The van der Waals surface area contributed by atoms with Crippen LogP contribution in [0.2, 0.25) is 0 Å². The Morgan fingerprint density at radius 3 is 2.93 bits per heavy atom. The van der Waals surface area contributed by atoms with Gasteiger partial charge in [-0.15, -0.1) is 0 Å². The number of carbonyl (C=O) groups excluding carboxylic acids is 1. The van der Waals surface area contributed by atoms with Crippen LogP contribution in [0.5, 0.6) is 0 Å². The van der Waals surface area contributed by atoms with Crippen LogP contribution < -0.4 is 5.32 Å². The summed E-state index contributed by atoms with van der Waals surface area (Å²) >= 11 is 3.38. The zero-order chi connectivity index (χ0) is 10.9. The molecule has 1 rings (SSSR count). The molecular weight excluding hydrogens is 258 g/mol. The number of alkyl halides is 1. The Labute approximate surface area is 100 Å². The highest BCUT2D eigenvalue weighted by Crippen LogP contribution is 2.14. The fourth-order valence-corrected chi connectivity index (χ4v) is 2.10. The van der Waals surface area contributed by atoms with E-state index < -0.39 is 0 Å². The van der Waals surface area contributed by atoms with Crippen LogP contribution in [-0.4, -0.2) is 30.5 Å². The maximum Gasteiger partial charge on any atom is 0.222 e. The van der Waals surface area contributed by atoms with E-state index >= 15 is 0 Å². The summed E-state index contributed by atoms with van der Waals surface area (Å²) in [5.41, 5.74) is 0. The minimum Gasteiger partial charge on any atom is -0.378 e. The average molecular weight is 278 g/mol. The van der Waals surface area contributed by atoms with Gasteiger partial charge in [-0.1, -0.05) is 22.4 Å². The Morgan fingerprint density at radius 2 is 2.27 bits per heavy atom. The summed E-state index contributed by atoms with van der Waals surface area (Å²) in [6, 6.07) is 0. The number of carbonyl (C=O) groups is 1. The molecule has 1 aliphatic heterocycles. The molecule has 88 valence electrons. The lowest BCUT2D eigenvalue weighted by atomic mass is 10.2. The van der Waals surface area contributed by atoms with Crippen LogP contribution in [0.1, 0.15) is 38.5 Å². The van der Waals surface area contributed by atoms with Gasteiger partial charge in [-0.05, 0) is 25.7 Å². The van der Waals surface area contributed by atoms with Gasteiger partial charge < -0.3 is 10.1 Å². The van der Waals surface area contributed by atoms with E-state index in [0.29, 0.717) is 6.42 Å². The Morgan fingerprint density at radius 1 is 1.40 bits per heavy atom. The molecule has 1 heterocycles. The first-order valence-electron chi connectivity index (χ1n) is 5.77. The van der Waals surface area contributed by atoms with Gasteiger partial charge in [0, 0.05) is 18.5 Å². The van der Waals surface area contributed by atoms with Gasteiger partial charge in [0.05, 0.1) is 12.5 Å². The van der Waals surface area contributed by atoms with Crippen molar-refractivity contribution in [1.82, 2.24) is 5.32 Å². The normalized spacial score (nSPS) is 20.5. The first-order valence-corrected chi connectivity index (χ1v) is 6.89. The van der Waals surface area contributed by atoms with Gasteiger partial charge in [-0.25, -0.2) is 0 Å². The molecule has 0 aliphatic carbocycles. The molecule has 1 atom stereocenters. The Kier molecular flexibility index (Phi) is 7.01. The molecule has 3 nitrogen and oxygen atoms in total. The quantitative estimate of drug-likeness (QED) is 0.573. The molecule has 0 saturated carbocycles. The van der Waals surface area contributed by atoms with Crippen LogP contribution in [0.4, 0.5) is 0 Å². The summed E-state index contributed by atoms with van der Waals surface area (Å²) in [6.07, 6.45) is 6.28. The fourth-order valence-electron chi connectivity index (χ4n) is 1.71. The molecule has 0 aromatic carbocycles. The van der Waals surface area contributed by atoms with E-state index in [9.17, 15) is 4.79 Å². The lowest BCUT2D eigenvalue weighted by Crippen LogP contribution is -2.28. The van der Waals surface area contributed by atoms with Crippen LogP contribution in [0.15, 0.2) is 0 Å². The molecule has 1 N–H and O–H groups in total. The predicted octanol–water partition coefficient (Wildman–Crippen LogP) is 2.24. The van der Waals surface area contributed by atoms with Crippen LogP contribution >= 0.6 is 15.9 Å². The van der Waals surface area contributed by atoms with Crippen LogP contribution in [0.3, 0.4) is 0 Å². The minimum absolute atomic E-state index is 0.140. The molecule has 0 spiro atoms. The van der Waals surface area contributed by atoms with Gasteiger partial charge in [-0.2, -0.15) is 0 Å². The maximum absolute atomic E-state index is 11.4. The van der Waals surface area contributed by atoms with Crippen molar-refractivity contribution in [3.63, 3.8) is 0 Å². The summed E-state index contributed by atoms with van der Waals surface area (Å²) in [4.78, 5) is 11.4. The second-order valence-electron chi connectivity index (χ2n) is 3.94. The molecular formula is C11H20BrNO2. The summed E-state index contributed by atoms with van der Waals surface area (Å²) in [5, 5.41) is 3.99. The SMILES string of the molecule is O=C(CC1CCCO1)NCCCCCBr. The van der Waals surface area contributed by atoms with E-state index in [1.807, 2.05) is 0 Å². The van der Waals surface area contributed by atoms with Crippen molar-refractivity contribution in [1.29, 1.82) is 0 Å². The number of halogens is 1. The highest BCUT2D eigenvalue weighted by Gasteiger charge is 2.18. The summed E-state index contributed by atoms with van der Waals surface area (Å²) in [5.74, 6) is 0.140. The highest BCUT2D eigenvalue weighted by molar-refractivity contribution is 9.09. The second-order valence-corrected chi connectivity index (χ2v) is 4.73. The van der Waals surface area contributed by atoms with Crippen molar-refractivity contribution >= 4 is 21.8 Å². The topological polar surface area (TPSA) is 38.3 Å². The second kappa shape index (κ2) is 8.11. The average Bonchev–Trinajstić information content (AvgIpc) is 2.70. The maximum atomic E-state index is 11.4. The monoisotopic (exact) mass is 277 g/mol. The van der Waals surface area contributed by atoms with E-state index in [2.05, 4.69) is 21.2 Å². The fraction of sp³-hybridized carbons (Fsp3) is 0.909. The first-order chi connectivity index (χ1) is 7.33. The van der Waals surface area contributed by atoms with Crippen LogP contribution in [0.25, 0.3) is 0 Å². The number of ether oxygens (including phenoxy) is 1. The number of unbranched alkanes of at least 4 members (excludes halogenated alkanes) is 2. The number of amides is 1. The van der Waals surface area contributed by atoms with Crippen LogP contribution in [0, 0.1) is 0 Å². The molecule has 0 radical (unpaired) electrons. The molecule has 4 heteroatoms. The standard InChI is InChI=1S/C11H20BrNO2/c12-6-2-1-3-7-13-11(14)9-10-5-4-8-15-10/h10H,1-9H2,(H,13,14). The lowest BCUT2D eigenvalue weighted by molar-refractivity contribution is -0.123. The van der Waals surface area contributed by atoms with Gasteiger partial charge in [0.25, 0.3) is 0 Å². The summed E-state index contributed by atoms with van der Waals surface area (Å²) < 4.78 is 5.40. The molecule has 0 aromatic heterocycles. The third-order valence-electron chi connectivity index (χ3n) is 2.57. The van der Waals surface area contributed by atoms with E-state index in [0.717, 1.165) is 37.7 Å². The Hall–Kier alpha value is -0.0900. The Bertz CT molecular complexity index is 181. The smallest absolute Gasteiger partial charge is 0.222 e. The number of rotatable bonds is 7. The minimum atomic E-state index is 0.140. The van der Waals surface area contributed by atoms with E-state index in [4.69, 9.17) is 4.74 Å². The lowest BCUT2D eigenvalue weighted by Gasteiger charge is -2.09. The number of hydrogen-bond acceptors (Lipinski definition) is 2. The van der Waals surface area contributed by atoms with Gasteiger partial charge in [0.15, 0.2) is 0 Å². The molecule has 1 fully saturated rings. The van der Waals surface area contributed by atoms with Gasteiger partial charge in [0.1, 0.15) is 0 Å². The predicted molar refractivity (Wildman–Crippen MR) is 64.2 cm³/mol. The van der Waals surface area contributed by atoms with Crippen molar-refractivity contribution in [3.05, 3.63) is 0 Å². The summed E-state index contributed by atoms with van der Waals surface area (Å²) in [7, 11) is 0. The first kappa shape index (κ1) is 13.0. The zero-order valence-electron chi connectivity index (χ0n) is 9.14. The molecule has 1 unspecified atom stereocenters. The van der Waals surface area contributed by atoms with E-state index in [1.165, 1.54) is 12.8 Å². The zero-order valence-corrected chi connectivity index (χ0v) is 10.7. The largest absolute Gasteiger partial charge is 0.378 e. The molecule has 1 aliphatic rings. The number of hydrogen-bond donors (Lipinski definition) is 1. The Balaban J connectivity index is 1.93. The van der Waals surface area contributed by atoms with Gasteiger partial charge in [0.2, 0.25) is 5.91 Å². The van der Waals surface area contributed by atoms with E-state index in [-0.39, 0.29) is 12.0 Å². The van der Waals surface area contributed by atoms with Crippen molar-refractivity contribution < 1.29 is 9.53 Å². The van der Waals surface area contributed by atoms with E-state index in [1.54, 1.807) is 0 Å². The molecule has 0 aromatic rings. The third-order valence-corrected chi connectivity index (χ3v) is 3.13. The molecule has 1 saturated heterocycles. The van der Waals surface area contributed by atoms with Crippen molar-refractivity contribution in [2.45, 2.75) is 44.6 Å². The molecule has 0 bridgehead atoms. The van der Waals surface area contributed by atoms with Crippen molar-refractivity contribution in [3.8, 4) is 0 Å². The summed E-state index contributed by atoms with van der Waals surface area (Å²) in [6.45, 7) is 1.63. The van der Waals surface area contributed by atoms with Gasteiger partial charge >= 0.3 is 0 Å². The third kappa shape index (κ3) is 6.15.